The Kier molecular flexibility index (Phi) is 4.57. The molecule has 1 fully saturated rings. The van der Waals surface area contributed by atoms with Crippen LogP contribution in [0.5, 0.6) is 0 Å². The molecule has 2 heterocycles. The Labute approximate surface area is 103 Å². The van der Waals surface area contributed by atoms with Crippen molar-refractivity contribution in [1.82, 2.24) is 4.90 Å². The van der Waals surface area contributed by atoms with E-state index in [0.29, 0.717) is 6.61 Å². The number of ether oxygens (including phenoxy) is 2. The van der Waals surface area contributed by atoms with Gasteiger partial charge >= 0.3 is 0 Å². The molecule has 0 N–H and O–H groups in total. The molecule has 0 aromatic carbocycles. The monoisotopic (exact) mass is 239 g/mol. The van der Waals surface area contributed by atoms with Crippen molar-refractivity contribution in [3.63, 3.8) is 0 Å². The third-order valence-electron chi connectivity index (χ3n) is 3.23. The summed E-state index contributed by atoms with van der Waals surface area (Å²) in [5, 5.41) is 0. The zero-order valence-corrected chi connectivity index (χ0v) is 10.5. The van der Waals surface area contributed by atoms with E-state index in [1.165, 1.54) is 0 Å². The van der Waals surface area contributed by atoms with Crippen molar-refractivity contribution >= 4 is 5.78 Å². The normalized spacial score (nSPS) is 26.2. The van der Waals surface area contributed by atoms with Gasteiger partial charge in [-0.15, -0.1) is 0 Å². The van der Waals surface area contributed by atoms with E-state index in [4.69, 9.17) is 9.47 Å². The van der Waals surface area contributed by atoms with Crippen molar-refractivity contribution in [3.05, 3.63) is 11.8 Å². The average Bonchev–Trinajstić information content (AvgIpc) is 2.40. The molecule has 0 radical (unpaired) electrons. The van der Waals surface area contributed by atoms with Gasteiger partial charge in [0.1, 0.15) is 6.10 Å². The molecule has 0 aromatic rings. The predicted molar refractivity (Wildman–Crippen MR) is 64.7 cm³/mol. The summed E-state index contributed by atoms with van der Waals surface area (Å²) in [6.07, 6.45) is 4.21. The number of nitrogens with zero attached hydrogens (tertiary/aromatic N) is 1. The molecule has 2 aliphatic heterocycles. The second kappa shape index (κ2) is 6.17. The number of hydrogen-bond donors (Lipinski definition) is 0. The van der Waals surface area contributed by atoms with Crippen LogP contribution in [0.3, 0.4) is 0 Å². The number of rotatable bonds is 4. The van der Waals surface area contributed by atoms with Gasteiger partial charge in [0.05, 0.1) is 19.5 Å². The van der Waals surface area contributed by atoms with Gasteiger partial charge in [-0.05, 0) is 25.8 Å². The Hall–Kier alpha value is -0.870. The zero-order valence-electron chi connectivity index (χ0n) is 10.5. The van der Waals surface area contributed by atoms with Crippen LogP contribution in [0.25, 0.3) is 0 Å². The van der Waals surface area contributed by atoms with Gasteiger partial charge in [0.25, 0.3) is 0 Å². The first kappa shape index (κ1) is 12.6. The van der Waals surface area contributed by atoms with E-state index in [1.54, 1.807) is 6.26 Å². The van der Waals surface area contributed by atoms with Crippen molar-refractivity contribution in [3.8, 4) is 0 Å². The van der Waals surface area contributed by atoms with E-state index in [0.717, 1.165) is 51.1 Å². The van der Waals surface area contributed by atoms with Crippen LogP contribution in [0.2, 0.25) is 0 Å². The summed E-state index contributed by atoms with van der Waals surface area (Å²) in [5.41, 5.74) is 0.791. The highest BCUT2D eigenvalue weighted by atomic mass is 16.5. The quantitative estimate of drug-likeness (QED) is 0.742. The summed E-state index contributed by atoms with van der Waals surface area (Å²) in [4.78, 5) is 14.5. The number of carbonyl (C=O) groups excluding carboxylic acids is 1. The fourth-order valence-corrected chi connectivity index (χ4v) is 2.33. The van der Waals surface area contributed by atoms with Crippen LogP contribution in [-0.4, -0.2) is 49.6 Å². The van der Waals surface area contributed by atoms with E-state index in [2.05, 4.69) is 11.8 Å². The maximum atomic E-state index is 12.2. The topological polar surface area (TPSA) is 38.8 Å². The standard InChI is InChI=1S/C13H21NO3/c1-2-5-14-6-8-17-12(9-14)13(15)11-4-3-7-16-10-11/h10,12H,2-9H2,1H3. The Morgan fingerprint density at radius 2 is 2.41 bits per heavy atom. The summed E-state index contributed by atoms with van der Waals surface area (Å²) in [7, 11) is 0. The van der Waals surface area contributed by atoms with Gasteiger partial charge in [0.2, 0.25) is 0 Å². The second-order valence-electron chi connectivity index (χ2n) is 4.64. The maximum absolute atomic E-state index is 12.2. The first-order valence-electron chi connectivity index (χ1n) is 6.50. The molecule has 2 rings (SSSR count). The molecule has 4 nitrogen and oxygen atoms in total. The van der Waals surface area contributed by atoms with Crippen LogP contribution in [0.1, 0.15) is 26.2 Å². The molecule has 0 saturated carbocycles. The van der Waals surface area contributed by atoms with Gasteiger partial charge < -0.3 is 9.47 Å². The maximum Gasteiger partial charge on any atom is 0.191 e. The highest BCUT2D eigenvalue weighted by Gasteiger charge is 2.29. The molecule has 0 amide bonds. The van der Waals surface area contributed by atoms with Gasteiger partial charge in [-0.25, -0.2) is 0 Å². The molecule has 0 aliphatic carbocycles. The van der Waals surface area contributed by atoms with Crippen molar-refractivity contribution < 1.29 is 14.3 Å². The Morgan fingerprint density at radius 1 is 1.53 bits per heavy atom. The first-order chi connectivity index (χ1) is 8.31. The van der Waals surface area contributed by atoms with E-state index in [-0.39, 0.29) is 11.9 Å². The fraction of sp³-hybridized carbons (Fsp3) is 0.769. The lowest BCUT2D eigenvalue weighted by Gasteiger charge is -2.32. The molecule has 17 heavy (non-hydrogen) atoms. The molecule has 0 bridgehead atoms. The van der Waals surface area contributed by atoms with E-state index < -0.39 is 0 Å². The van der Waals surface area contributed by atoms with Crippen LogP contribution < -0.4 is 0 Å². The average molecular weight is 239 g/mol. The molecule has 1 atom stereocenters. The number of morpholine rings is 1. The van der Waals surface area contributed by atoms with Crippen LogP contribution in [0.4, 0.5) is 0 Å². The van der Waals surface area contributed by atoms with Crippen LogP contribution >= 0.6 is 0 Å². The minimum atomic E-state index is -0.289. The summed E-state index contributed by atoms with van der Waals surface area (Å²) in [6, 6.07) is 0. The highest BCUT2D eigenvalue weighted by molar-refractivity contribution is 5.98. The SMILES string of the molecule is CCCN1CCOC(C(=O)C2=COCCC2)C1. The van der Waals surface area contributed by atoms with E-state index in [9.17, 15) is 4.79 Å². The molecule has 0 spiro atoms. The van der Waals surface area contributed by atoms with Crippen LogP contribution in [0.15, 0.2) is 11.8 Å². The largest absolute Gasteiger partial charge is 0.501 e. The van der Waals surface area contributed by atoms with Crippen LogP contribution in [0, 0.1) is 0 Å². The highest BCUT2D eigenvalue weighted by Crippen LogP contribution is 2.17. The number of ketones is 1. The van der Waals surface area contributed by atoms with Gasteiger partial charge in [0, 0.05) is 18.7 Å². The molecule has 0 aromatic heterocycles. The Morgan fingerprint density at radius 3 is 3.12 bits per heavy atom. The lowest BCUT2D eigenvalue weighted by Crippen LogP contribution is -2.46. The number of Topliss-reactive ketones (excluding diaryl/α,β-unsaturated/α-hetero) is 1. The summed E-state index contributed by atoms with van der Waals surface area (Å²) < 4.78 is 10.8. The summed E-state index contributed by atoms with van der Waals surface area (Å²) in [6.45, 7) is 6.25. The van der Waals surface area contributed by atoms with Crippen molar-refractivity contribution in [1.29, 1.82) is 0 Å². The Balaban J connectivity index is 1.92. The zero-order chi connectivity index (χ0) is 12.1. The lowest BCUT2D eigenvalue weighted by atomic mass is 10.0. The second-order valence-corrected chi connectivity index (χ2v) is 4.64. The fourth-order valence-electron chi connectivity index (χ4n) is 2.33. The van der Waals surface area contributed by atoms with E-state index >= 15 is 0 Å². The molecular formula is C13H21NO3. The third-order valence-corrected chi connectivity index (χ3v) is 3.23. The minimum Gasteiger partial charge on any atom is -0.501 e. The molecule has 2 aliphatic rings. The predicted octanol–water partition coefficient (Wildman–Crippen LogP) is 1.36. The molecule has 1 unspecified atom stereocenters. The van der Waals surface area contributed by atoms with E-state index in [1.807, 2.05) is 0 Å². The lowest BCUT2D eigenvalue weighted by molar-refractivity contribution is -0.132. The summed E-state index contributed by atoms with van der Waals surface area (Å²) >= 11 is 0. The smallest absolute Gasteiger partial charge is 0.191 e. The minimum absolute atomic E-state index is 0.116. The van der Waals surface area contributed by atoms with Crippen molar-refractivity contribution in [2.24, 2.45) is 0 Å². The van der Waals surface area contributed by atoms with Crippen LogP contribution in [-0.2, 0) is 14.3 Å². The van der Waals surface area contributed by atoms with Crippen molar-refractivity contribution in [2.45, 2.75) is 32.3 Å². The Bertz CT molecular complexity index is 299. The van der Waals surface area contributed by atoms with Gasteiger partial charge in [-0.2, -0.15) is 0 Å². The summed E-state index contributed by atoms with van der Waals surface area (Å²) in [5.74, 6) is 0.116. The molecule has 1 saturated heterocycles. The number of hydrogen-bond acceptors (Lipinski definition) is 4. The molecular weight excluding hydrogens is 218 g/mol. The van der Waals surface area contributed by atoms with Gasteiger partial charge in [0.15, 0.2) is 5.78 Å². The van der Waals surface area contributed by atoms with Gasteiger partial charge in [-0.1, -0.05) is 6.92 Å². The molecule has 4 heteroatoms. The molecule has 96 valence electrons. The third kappa shape index (κ3) is 3.30. The number of carbonyl (C=O) groups is 1. The van der Waals surface area contributed by atoms with Crippen molar-refractivity contribution in [2.75, 3.05) is 32.8 Å². The first-order valence-corrected chi connectivity index (χ1v) is 6.50. The van der Waals surface area contributed by atoms with Gasteiger partial charge in [-0.3, -0.25) is 9.69 Å².